The highest BCUT2D eigenvalue weighted by molar-refractivity contribution is 6.22. The summed E-state index contributed by atoms with van der Waals surface area (Å²) >= 11 is 0. The van der Waals surface area contributed by atoms with E-state index in [0.29, 0.717) is 6.54 Å². The average molecular weight is 408 g/mol. The second kappa shape index (κ2) is 9.35. The summed E-state index contributed by atoms with van der Waals surface area (Å²) in [5.41, 5.74) is 1.45. The summed E-state index contributed by atoms with van der Waals surface area (Å²) in [4.78, 5) is 51.2. The Labute approximate surface area is 175 Å². The van der Waals surface area contributed by atoms with Crippen LogP contribution < -0.4 is 5.32 Å². The van der Waals surface area contributed by atoms with Crippen LogP contribution in [0.5, 0.6) is 0 Å². The van der Waals surface area contributed by atoms with Crippen molar-refractivity contribution in [1.29, 1.82) is 0 Å². The predicted molar refractivity (Wildman–Crippen MR) is 109 cm³/mol. The van der Waals surface area contributed by atoms with Crippen molar-refractivity contribution in [2.45, 2.75) is 32.9 Å². The fourth-order valence-electron chi connectivity index (χ4n) is 3.32. The van der Waals surface area contributed by atoms with Crippen LogP contribution >= 0.6 is 0 Å². The van der Waals surface area contributed by atoms with Crippen molar-refractivity contribution in [3.63, 3.8) is 0 Å². The van der Waals surface area contributed by atoms with E-state index in [9.17, 15) is 19.2 Å². The maximum Gasteiger partial charge on any atom is 0.329 e. The second-order valence-electron chi connectivity index (χ2n) is 7.54. The number of nitrogens with one attached hydrogen (secondary N) is 1. The van der Waals surface area contributed by atoms with Crippen LogP contribution in [0, 0.1) is 5.92 Å². The molecule has 0 aliphatic carbocycles. The van der Waals surface area contributed by atoms with Crippen molar-refractivity contribution in [3.05, 3.63) is 71.3 Å². The number of hydrogen-bond acceptors (Lipinski definition) is 5. The fraction of sp³-hybridized carbons (Fsp3) is 0.304. The third-order valence-corrected chi connectivity index (χ3v) is 4.78. The number of esters is 1. The number of fused-ring (bicyclic) bond motifs is 1. The first-order chi connectivity index (χ1) is 14.4. The Balaban J connectivity index is 1.64. The molecule has 7 heteroatoms. The molecule has 0 radical (unpaired) electrons. The number of ether oxygens (including phenoxy) is 1. The summed E-state index contributed by atoms with van der Waals surface area (Å²) in [5.74, 6) is -2.25. The lowest BCUT2D eigenvalue weighted by molar-refractivity contribution is -0.152. The number of carbonyl (C=O) groups is 4. The largest absolute Gasteiger partial charge is 0.454 e. The number of benzene rings is 2. The Morgan fingerprint density at radius 3 is 2.07 bits per heavy atom. The molecule has 156 valence electrons. The molecule has 3 rings (SSSR count). The molecule has 1 heterocycles. The summed E-state index contributed by atoms with van der Waals surface area (Å²) < 4.78 is 5.17. The first-order valence-electron chi connectivity index (χ1n) is 9.82. The van der Waals surface area contributed by atoms with Crippen molar-refractivity contribution in [1.82, 2.24) is 10.2 Å². The van der Waals surface area contributed by atoms with Crippen LogP contribution in [0.3, 0.4) is 0 Å². The molecular weight excluding hydrogens is 384 g/mol. The quantitative estimate of drug-likeness (QED) is 0.535. The molecule has 1 N–H and O–H groups in total. The van der Waals surface area contributed by atoms with E-state index in [2.05, 4.69) is 5.32 Å². The van der Waals surface area contributed by atoms with Crippen molar-refractivity contribution >= 4 is 23.7 Å². The van der Waals surface area contributed by atoms with Gasteiger partial charge in [0.1, 0.15) is 6.04 Å². The molecule has 0 saturated carbocycles. The number of imide groups is 1. The van der Waals surface area contributed by atoms with Gasteiger partial charge in [0.05, 0.1) is 11.1 Å². The topological polar surface area (TPSA) is 92.8 Å². The van der Waals surface area contributed by atoms with Crippen LogP contribution in [-0.4, -0.2) is 41.2 Å². The van der Waals surface area contributed by atoms with Crippen LogP contribution in [0.4, 0.5) is 0 Å². The Morgan fingerprint density at radius 1 is 0.933 bits per heavy atom. The average Bonchev–Trinajstić information content (AvgIpc) is 3.00. The minimum Gasteiger partial charge on any atom is -0.454 e. The standard InChI is InChI=1S/C23H24N2O5/c1-15(2)12-19(25-21(27)17-10-6-7-11-18(17)22(25)28)23(29)30-14-20(26)24-13-16-8-4-3-5-9-16/h3-11,15,19H,12-14H2,1-2H3,(H,24,26)/t19-/m1/s1. The lowest BCUT2D eigenvalue weighted by Crippen LogP contribution is -2.47. The van der Waals surface area contributed by atoms with Crippen molar-refractivity contribution in [2.24, 2.45) is 5.92 Å². The molecule has 1 aliphatic heterocycles. The van der Waals surface area contributed by atoms with Gasteiger partial charge in [0.2, 0.25) is 0 Å². The third kappa shape index (κ3) is 4.74. The Bertz CT molecular complexity index is 920. The summed E-state index contributed by atoms with van der Waals surface area (Å²) in [6.45, 7) is 3.59. The number of rotatable bonds is 8. The molecule has 2 aromatic carbocycles. The third-order valence-electron chi connectivity index (χ3n) is 4.78. The molecule has 3 amide bonds. The zero-order valence-electron chi connectivity index (χ0n) is 17.0. The molecule has 2 aromatic rings. The summed E-state index contributed by atoms with van der Waals surface area (Å²) in [7, 11) is 0. The van der Waals surface area contributed by atoms with Crippen LogP contribution in [0.1, 0.15) is 46.5 Å². The van der Waals surface area contributed by atoms with E-state index in [-0.39, 0.29) is 23.5 Å². The zero-order valence-corrected chi connectivity index (χ0v) is 17.0. The van der Waals surface area contributed by atoms with Crippen LogP contribution in [0.25, 0.3) is 0 Å². The Kier molecular flexibility index (Phi) is 6.61. The van der Waals surface area contributed by atoms with Crippen LogP contribution in [0.15, 0.2) is 54.6 Å². The Hall–Kier alpha value is -3.48. The predicted octanol–water partition coefficient (Wildman–Crippen LogP) is 2.56. The summed E-state index contributed by atoms with van der Waals surface area (Å²) in [6, 6.07) is 14.7. The molecule has 1 aliphatic rings. The van der Waals surface area contributed by atoms with E-state index < -0.39 is 36.3 Å². The normalized spacial score (nSPS) is 13.9. The number of hydrogen-bond donors (Lipinski definition) is 1. The maximum absolute atomic E-state index is 12.8. The smallest absolute Gasteiger partial charge is 0.329 e. The second-order valence-corrected chi connectivity index (χ2v) is 7.54. The first-order valence-corrected chi connectivity index (χ1v) is 9.82. The van der Waals surface area contributed by atoms with Gasteiger partial charge >= 0.3 is 5.97 Å². The Morgan fingerprint density at radius 2 is 1.50 bits per heavy atom. The maximum atomic E-state index is 12.8. The van der Waals surface area contributed by atoms with Gasteiger partial charge in [0, 0.05) is 6.54 Å². The van der Waals surface area contributed by atoms with Crippen molar-refractivity contribution in [3.8, 4) is 0 Å². The molecule has 0 unspecified atom stereocenters. The number of carbonyl (C=O) groups excluding carboxylic acids is 4. The van der Waals surface area contributed by atoms with Gasteiger partial charge < -0.3 is 10.1 Å². The molecule has 0 aromatic heterocycles. The highest BCUT2D eigenvalue weighted by Gasteiger charge is 2.43. The van der Waals surface area contributed by atoms with E-state index >= 15 is 0 Å². The fourth-order valence-corrected chi connectivity index (χ4v) is 3.32. The van der Waals surface area contributed by atoms with E-state index in [1.165, 1.54) is 0 Å². The minimum atomic E-state index is -1.08. The highest BCUT2D eigenvalue weighted by Crippen LogP contribution is 2.27. The van der Waals surface area contributed by atoms with E-state index in [1.54, 1.807) is 24.3 Å². The molecule has 0 fully saturated rings. The van der Waals surface area contributed by atoms with Gasteiger partial charge in [-0.2, -0.15) is 0 Å². The number of nitrogens with zero attached hydrogens (tertiary/aromatic N) is 1. The van der Waals surface area contributed by atoms with E-state index in [0.717, 1.165) is 10.5 Å². The first kappa shape index (κ1) is 21.2. The monoisotopic (exact) mass is 408 g/mol. The SMILES string of the molecule is CC(C)C[C@H](C(=O)OCC(=O)NCc1ccccc1)N1C(=O)c2ccccc2C1=O. The number of amides is 3. The minimum absolute atomic E-state index is 0.0266. The van der Waals surface area contributed by atoms with Gasteiger partial charge in [-0.15, -0.1) is 0 Å². The van der Waals surface area contributed by atoms with Gasteiger partial charge in [0.25, 0.3) is 17.7 Å². The van der Waals surface area contributed by atoms with Gasteiger partial charge in [0.15, 0.2) is 6.61 Å². The zero-order chi connectivity index (χ0) is 21.7. The van der Waals surface area contributed by atoms with E-state index in [1.807, 2.05) is 44.2 Å². The van der Waals surface area contributed by atoms with Gasteiger partial charge in [-0.05, 0) is 30.0 Å². The van der Waals surface area contributed by atoms with Gasteiger partial charge in [-0.3, -0.25) is 19.3 Å². The van der Waals surface area contributed by atoms with Crippen molar-refractivity contribution in [2.75, 3.05) is 6.61 Å². The molecule has 30 heavy (non-hydrogen) atoms. The van der Waals surface area contributed by atoms with Gasteiger partial charge in [-0.1, -0.05) is 56.3 Å². The van der Waals surface area contributed by atoms with Crippen LogP contribution in [-0.2, 0) is 20.9 Å². The van der Waals surface area contributed by atoms with Gasteiger partial charge in [-0.25, -0.2) is 4.79 Å². The van der Waals surface area contributed by atoms with E-state index in [4.69, 9.17) is 4.74 Å². The summed E-state index contributed by atoms with van der Waals surface area (Å²) in [6.07, 6.45) is 0.246. The summed E-state index contributed by atoms with van der Waals surface area (Å²) in [5, 5.41) is 2.67. The molecule has 0 spiro atoms. The molecular formula is C23H24N2O5. The van der Waals surface area contributed by atoms with Crippen molar-refractivity contribution < 1.29 is 23.9 Å². The van der Waals surface area contributed by atoms with Crippen LogP contribution in [0.2, 0.25) is 0 Å². The molecule has 1 atom stereocenters. The molecule has 0 saturated heterocycles. The lowest BCUT2D eigenvalue weighted by atomic mass is 10.0. The highest BCUT2D eigenvalue weighted by atomic mass is 16.5. The molecule has 7 nitrogen and oxygen atoms in total. The molecule has 0 bridgehead atoms. The lowest BCUT2D eigenvalue weighted by Gasteiger charge is -2.25.